The van der Waals surface area contributed by atoms with E-state index in [1.54, 1.807) is 0 Å². The molecule has 1 saturated heterocycles. The van der Waals surface area contributed by atoms with Crippen LogP contribution in [0.4, 0.5) is 4.79 Å². The Balaban J connectivity index is 1.54. The molecule has 0 spiro atoms. The standard InChI is InChI=1S/C31H34N2O3/c1-21-17-27(25-11-10-23-7-5-6-8-24(23)19-25)28-18-22(9-12-29(28)32-21)20-33(26-13-15-35-16-14-26)30(34)36-31(2,3)4/h5-12,17-19,26H,13-16,20H2,1-4H3. The number of aryl methyl sites for hydroxylation is 1. The molecule has 5 nitrogen and oxygen atoms in total. The van der Waals surface area contributed by atoms with E-state index in [1.165, 1.54) is 10.8 Å². The number of pyridine rings is 1. The molecule has 0 radical (unpaired) electrons. The van der Waals surface area contributed by atoms with Gasteiger partial charge in [0, 0.05) is 36.9 Å². The molecule has 1 fully saturated rings. The molecule has 4 aromatic rings. The fourth-order valence-electron chi connectivity index (χ4n) is 4.96. The van der Waals surface area contributed by atoms with Gasteiger partial charge in [-0.1, -0.05) is 42.5 Å². The number of carbonyl (C=O) groups excluding carboxylic acids is 1. The van der Waals surface area contributed by atoms with Crippen LogP contribution in [-0.2, 0) is 16.0 Å². The van der Waals surface area contributed by atoms with Gasteiger partial charge in [-0.3, -0.25) is 4.98 Å². The topological polar surface area (TPSA) is 51.7 Å². The molecule has 0 N–H and O–H groups in total. The summed E-state index contributed by atoms with van der Waals surface area (Å²) in [4.78, 5) is 19.9. The molecule has 186 valence electrons. The van der Waals surface area contributed by atoms with Crippen molar-refractivity contribution in [2.24, 2.45) is 0 Å². The number of hydrogen-bond donors (Lipinski definition) is 0. The molecule has 5 rings (SSSR count). The van der Waals surface area contributed by atoms with Gasteiger partial charge in [0.25, 0.3) is 0 Å². The van der Waals surface area contributed by atoms with Crippen LogP contribution < -0.4 is 0 Å². The minimum atomic E-state index is -0.547. The van der Waals surface area contributed by atoms with Crippen molar-refractivity contribution in [1.82, 2.24) is 9.88 Å². The van der Waals surface area contributed by atoms with Crippen LogP contribution >= 0.6 is 0 Å². The average molecular weight is 483 g/mol. The Morgan fingerprint density at radius 1 is 1.00 bits per heavy atom. The van der Waals surface area contributed by atoms with E-state index in [9.17, 15) is 4.79 Å². The number of amides is 1. The van der Waals surface area contributed by atoms with Gasteiger partial charge in [0.15, 0.2) is 0 Å². The Morgan fingerprint density at radius 2 is 1.75 bits per heavy atom. The van der Waals surface area contributed by atoms with Crippen molar-refractivity contribution in [2.75, 3.05) is 13.2 Å². The first-order valence-electron chi connectivity index (χ1n) is 12.7. The highest BCUT2D eigenvalue weighted by Crippen LogP contribution is 2.32. The third-order valence-electron chi connectivity index (χ3n) is 6.67. The Labute approximate surface area is 213 Å². The molecule has 0 saturated carbocycles. The van der Waals surface area contributed by atoms with Crippen molar-refractivity contribution in [2.45, 2.75) is 58.7 Å². The molecule has 3 aromatic carbocycles. The summed E-state index contributed by atoms with van der Waals surface area (Å²) in [5.41, 5.74) is 4.77. The zero-order valence-corrected chi connectivity index (χ0v) is 21.6. The van der Waals surface area contributed by atoms with Crippen molar-refractivity contribution >= 4 is 27.8 Å². The van der Waals surface area contributed by atoms with E-state index < -0.39 is 5.60 Å². The van der Waals surface area contributed by atoms with E-state index in [-0.39, 0.29) is 12.1 Å². The molecule has 1 aliphatic rings. The van der Waals surface area contributed by atoms with Crippen LogP contribution in [0.2, 0.25) is 0 Å². The lowest BCUT2D eigenvalue weighted by molar-refractivity contribution is -0.00807. The zero-order valence-electron chi connectivity index (χ0n) is 21.6. The summed E-state index contributed by atoms with van der Waals surface area (Å²) in [5.74, 6) is 0. The molecule has 1 aromatic heterocycles. The number of aromatic nitrogens is 1. The SMILES string of the molecule is Cc1cc(-c2ccc3ccccc3c2)c2cc(CN(C(=O)OC(C)(C)C)C3CCOCC3)ccc2n1. The van der Waals surface area contributed by atoms with Crippen LogP contribution in [0.5, 0.6) is 0 Å². The van der Waals surface area contributed by atoms with Crippen molar-refractivity contribution in [3.8, 4) is 11.1 Å². The number of nitrogens with zero attached hydrogens (tertiary/aromatic N) is 2. The van der Waals surface area contributed by atoms with Crippen LogP contribution in [0.3, 0.4) is 0 Å². The molecule has 0 atom stereocenters. The van der Waals surface area contributed by atoms with E-state index in [4.69, 9.17) is 14.5 Å². The lowest BCUT2D eigenvalue weighted by atomic mass is 9.96. The summed E-state index contributed by atoms with van der Waals surface area (Å²) in [6, 6.07) is 23.6. The molecule has 1 amide bonds. The lowest BCUT2D eigenvalue weighted by Gasteiger charge is -2.35. The van der Waals surface area contributed by atoms with Gasteiger partial charge < -0.3 is 14.4 Å². The Bertz CT molecular complexity index is 1400. The summed E-state index contributed by atoms with van der Waals surface area (Å²) in [6.45, 7) is 9.58. The summed E-state index contributed by atoms with van der Waals surface area (Å²) in [6.07, 6.45) is 1.36. The van der Waals surface area contributed by atoms with Gasteiger partial charge in [0.05, 0.1) is 5.52 Å². The Hall–Kier alpha value is -3.44. The van der Waals surface area contributed by atoms with Crippen molar-refractivity contribution < 1.29 is 14.3 Å². The monoisotopic (exact) mass is 482 g/mol. The predicted octanol–water partition coefficient (Wildman–Crippen LogP) is 7.28. The van der Waals surface area contributed by atoms with E-state index in [1.807, 2.05) is 32.6 Å². The smallest absolute Gasteiger partial charge is 0.410 e. The highest BCUT2D eigenvalue weighted by Gasteiger charge is 2.30. The van der Waals surface area contributed by atoms with Crippen LogP contribution in [0.25, 0.3) is 32.8 Å². The van der Waals surface area contributed by atoms with Gasteiger partial charge in [-0.15, -0.1) is 0 Å². The van der Waals surface area contributed by atoms with Gasteiger partial charge in [0.1, 0.15) is 5.60 Å². The highest BCUT2D eigenvalue weighted by molar-refractivity contribution is 5.98. The second-order valence-corrected chi connectivity index (χ2v) is 10.7. The maximum Gasteiger partial charge on any atom is 0.410 e. The van der Waals surface area contributed by atoms with Gasteiger partial charge in [-0.25, -0.2) is 4.79 Å². The van der Waals surface area contributed by atoms with Gasteiger partial charge in [-0.2, -0.15) is 0 Å². The molecule has 36 heavy (non-hydrogen) atoms. The van der Waals surface area contributed by atoms with Crippen molar-refractivity contribution in [3.05, 3.63) is 78.0 Å². The van der Waals surface area contributed by atoms with E-state index >= 15 is 0 Å². The van der Waals surface area contributed by atoms with Crippen LogP contribution in [0.1, 0.15) is 44.9 Å². The molecular formula is C31H34N2O3. The number of fused-ring (bicyclic) bond motifs is 2. The Morgan fingerprint density at radius 3 is 2.50 bits per heavy atom. The first-order valence-corrected chi connectivity index (χ1v) is 12.7. The van der Waals surface area contributed by atoms with Gasteiger partial charge >= 0.3 is 6.09 Å². The van der Waals surface area contributed by atoms with E-state index in [0.29, 0.717) is 19.8 Å². The molecule has 0 unspecified atom stereocenters. The average Bonchev–Trinajstić information content (AvgIpc) is 2.86. The molecule has 2 heterocycles. The summed E-state index contributed by atoms with van der Waals surface area (Å²) < 4.78 is 11.4. The molecule has 1 aliphatic heterocycles. The molecule has 0 bridgehead atoms. The van der Waals surface area contributed by atoms with Crippen LogP contribution in [0.15, 0.2) is 66.7 Å². The maximum absolute atomic E-state index is 13.2. The highest BCUT2D eigenvalue weighted by atomic mass is 16.6. The fourth-order valence-corrected chi connectivity index (χ4v) is 4.96. The number of hydrogen-bond acceptors (Lipinski definition) is 4. The maximum atomic E-state index is 13.2. The van der Waals surface area contributed by atoms with Crippen LogP contribution in [-0.4, -0.2) is 40.8 Å². The fraction of sp³-hybridized carbons (Fsp3) is 0.355. The van der Waals surface area contributed by atoms with Crippen LogP contribution in [0, 0.1) is 6.92 Å². The van der Waals surface area contributed by atoms with Crippen molar-refractivity contribution in [1.29, 1.82) is 0 Å². The second-order valence-electron chi connectivity index (χ2n) is 10.7. The van der Waals surface area contributed by atoms with Crippen molar-refractivity contribution in [3.63, 3.8) is 0 Å². The quantitative estimate of drug-likeness (QED) is 0.307. The minimum absolute atomic E-state index is 0.0976. The number of ether oxygens (including phenoxy) is 2. The molecule has 5 heteroatoms. The first-order chi connectivity index (χ1) is 17.3. The van der Waals surface area contributed by atoms with Gasteiger partial charge in [0.2, 0.25) is 0 Å². The molecular weight excluding hydrogens is 448 g/mol. The third kappa shape index (κ3) is 5.36. The summed E-state index contributed by atoms with van der Waals surface area (Å²) in [7, 11) is 0. The number of benzene rings is 3. The minimum Gasteiger partial charge on any atom is -0.444 e. The number of carbonyl (C=O) groups is 1. The summed E-state index contributed by atoms with van der Waals surface area (Å²) >= 11 is 0. The second kappa shape index (κ2) is 9.90. The molecule has 0 aliphatic carbocycles. The first kappa shape index (κ1) is 24.3. The van der Waals surface area contributed by atoms with E-state index in [0.717, 1.165) is 46.1 Å². The zero-order chi connectivity index (χ0) is 25.3. The largest absolute Gasteiger partial charge is 0.444 e. The third-order valence-corrected chi connectivity index (χ3v) is 6.67. The van der Waals surface area contributed by atoms with E-state index in [2.05, 4.69) is 66.7 Å². The summed E-state index contributed by atoms with van der Waals surface area (Å²) in [5, 5.41) is 3.52. The van der Waals surface area contributed by atoms with Gasteiger partial charge in [-0.05, 0) is 92.3 Å². The number of rotatable bonds is 4. The Kier molecular flexibility index (Phi) is 6.67. The lowest BCUT2D eigenvalue weighted by Crippen LogP contribution is -2.45. The predicted molar refractivity (Wildman–Crippen MR) is 145 cm³/mol. The normalized spacial score (nSPS) is 14.8.